The van der Waals surface area contributed by atoms with Gasteiger partial charge in [0.2, 0.25) is 0 Å². The van der Waals surface area contributed by atoms with Crippen LogP contribution in [0, 0.1) is 5.41 Å². The molecule has 0 bridgehead atoms. The molecule has 2 nitrogen and oxygen atoms in total. The average Bonchev–Trinajstić information content (AvgIpc) is 2.66. The zero-order chi connectivity index (χ0) is 18.0. The molecule has 2 fully saturated rings. The van der Waals surface area contributed by atoms with E-state index in [-0.39, 0.29) is 17.8 Å². The van der Waals surface area contributed by atoms with Gasteiger partial charge in [0.1, 0.15) is 5.75 Å². The Morgan fingerprint density at radius 1 is 0.963 bits per heavy atom. The zero-order valence-corrected chi connectivity index (χ0v) is 17.2. The van der Waals surface area contributed by atoms with E-state index < -0.39 is 0 Å². The number of benzene rings is 2. The molecule has 27 heavy (non-hydrogen) atoms. The molecule has 1 saturated heterocycles. The number of nitrogens with zero attached hydrogens (tertiary/aromatic N) is 1. The quantitative estimate of drug-likeness (QED) is 0.742. The van der Waals surface area contributed by atoms with E-state index in [4.69, 9.17) is 0 Å². The third-order valence-electron chi connectivity index (χ3n) is 7.12. The van der Waals surface area contributed by atoms with Crippen molar-refractivity contribution in [3.63, 3.8) is 0 Å². The first-order valence-corrected chi connectivity index (χ1v) is 10.2. The van der Waals surface area contributed by atoms with E-state index in [0.29, 0.717) is 11.2 Å². The summed E-state index contributed by atoms with van der Waals surface area (Å²) in [4.78, 5) is 2.68. The molecule has 0 spiro atoms. The van der Waals surface area contributed by atoms with Gasteiger partial charge in [-0.1, -0.05) is 62.2 Å². The molecule has 2 aliphatic rings. The van der Waals surface area contributed by atoms with E-state index in [1.54, 1.807) is 6.07 Å². The van der Waals surface area contributed by atoms with Crippen LogP contribution in [0.5, 0.6) is 5.75 Å². The number of aromatic hydroxyl groups is 1. The molecule has 2 aromatic carbocycles. The van der Waals surface area contributed by atoms with Crippen LogP contribution in [0.1, 0.15) is 50.2 Å². The second-order valence-electron chi connectivity index (χ2n) is 8.66. The first-order chi connectivity index (χ1) is 12.6. The van der Waals surface area contributed by atoms with Gasteiger partial charge in [0.05, 0.1) is 0 Å². The van der Waals surface area contributed by atoms with Crippen molar-refractivity contribution in [3.8, 4) is 5.75 Å². The number of piperidine rings is 1. The van der Waals surface area contributed by atoms with Crippen LogP contribution in [-0.2, 0) is 11.8 Å². The van der Waals surface area contributed by atoms with Gasteiger partial charge < -0.3 is 10.0 Å². The zero-order valence-electron chi connectivity index (χ0n) is 16.4. The van der Waals surface area contributed by atoms with E-state index in [9.17, 15) is 5.11 Å². The van der Waals surface area contributed by atoms with Crippen LogP contribution in [-0.4, -0.2) is 29.6 Å². The van der Waals surface area contributed by atoms with Gasteiger partial charge in [0.25, 0.3) is 0 Å². The molecular formula is C24H32ClNO. The maximum atomic E-state index is 10.1. The standard InChI is InChI=1S/C24H31NO.ClH/c1-23-13-5-6-14-24(23,21-10-7-11-22(26)18-21)15-17-25(19-23)16-12-20-8-3-2-4-9-20;/h2-4,7-11,18,26H,5-6,12-17,19H2,1H3;1H/t23-,24+;/m1./s1. The van der Waals surface area contributed by atoms with Crippen molar-refractivity contribution in [1.82, 2.24) is 4.90 Å². The largest absolute Gasteiger partial charge is 0.508 e. The van der Waals surface area contributed by atoms with Crippen LogP contribution in [0.3, 0.4) is 0 Å². The van der Waals surface area contributed by atoms with Gasteiger partial charge >= 0.3 is 0 Å². The van der Waals surface area contributed by atoms with E-state index in [2.05, 4.69) is 48.2 Å². The Bertz CT molecular complexity index is 749. The molecule has 1 saturated carbocycles. The lowest BCUT2D eigenvalue weighted by Gasteiger charge is -2.58. The number of halogens is 1. The minimum atomic E-state index is 0. The Balaban J connectivity index is 0.00000210. The number of hydrogen-bond acceptors (Lipinski definition) is 2. The molecule has 146 valence electrons. The van der Waals surface area contributed by atoms with Crippen LogP contribution in [0.2, 0.25) is 0 Å². The summed E-state index contributed by atoms with van der Waals surface area (Å²) in [7, 11) is 0. The molecule has 0 amide bonds. The van der Waals surface area contributed by atoms with E-state index >= 15 is 0 Å². The summed E-state index contributed by atoms with van der Waals surface area (Å²) in [6.45, 7) is 5.99. The van der Waals surface area contributed by atoms with Crippen molar-refractivity contribution in [2.24, 2.45) is 5.41 Å². The fourth-order valence-electron chi connectivity index (χ4n) is 5.63. The van der Waals surface area contributed by atoms with E-state index in [1.165, 1.54) is 49.8 Å². The number of phenols is 1. The van der Waals surface area contributed by atoms with Gasteiger partial charge in [-0.2, -0.15) is 0 Å². The third kappa shape index (κ3) is 3.88. The highest BCUT2D eigenvalue weighted by Gasteiger charge is 2.53. The molecule has 0 radical (unpaired) electrons. The molecule has 1 aliphatic heterocycles. The fraction of sp³-hybridized carbons (Fsp3) is 0.500. The average molecular weight is 386 g/mol. The Morgan fingerprint density at radius 3 is 2.52 bits per heavy atom. The highest BCUT2D eigenvalue weighted by molar-refractivity contribution is 5.85. The van der Waals surface area contributed by atoms with Gasteiger partial charge in [-0.3, -0.25) is 0 Å². The second-order valence-corrected chi connectivity index (χ2v) is 8.66. The van der Waals surface area contributed by atoms with Gasteiger partial charge in [0, 0.05) is 18.5 Å². The van der Waals surface area contributed by atoms with Gasteiger partial charge in [0.15, 0.2) is 0 Å². The first kappa shape index (κ1) is 20.2. The van der Waals surface area contributed by atoms with Gasteiger partial charge in [-0.05, 0) is 60.9 Å². The van der Waals surface area contributed by atoms with Crippen molar-refractivity contribution in [2.75, 3.05) is 19.6 Å². The Kier molecular flexibility index (Phi) is 6.18. The van der Waals surface area contributed by atoms with Crippen LogP contribution in [0.4, 0.5) is 0 Å². The van der Waals surface area contributed by atoms with Crippen molar-refractivity contribution in [1.29, 1.82) is 0 Å². The summed E-state index contributed by atoms with van der Waals surface area (Å²) in [5, 5.41) is 10.1. The Labute approximate surface area is 170 Å². The Hall–Kier alpha value is -1.51. The maximum absolute atomic E-state index is 10.1. The van der Waals surface area contributed by atoms with E-state index in [1.807, 2.05) is 12.1 Å². The van der Waals surface area contributed by atoms with Crippen LogP contribution in [0.15, 0.2) is 54.6 Å². The molecule has 1 N–H and O–H groups in total. The molecular weight excluding hydrogens is 354 g/mol. The lowest BCUT2D eigenvalue weighted by molar-refractivity contribution is -0.0208. The van der Waals surface area contributed by atoms with Crippen LogP contribution < -0.4 is 0 Å². The summed E-state index contributed by atoms with van der Waals surface area (Å²) in [5.74, 6) is 0.413. The monoisotopic (exact) mass is 385 g/mol. The normalized spacial score (nSPS) is 28.2. The van der Waals surface area contributed by atoms with Crippen molar-refractivity contribution >= 4 is 12.4 Å². The van der Waals surface area contributed by atoms with Crippen molar-refractivity contribution in [2.45, 2.75) is 50.9 Å². The lowest BCUT2D eigenvalue weighted by atomic mass is 9.51. The highest BCUT2D eigenvalue weighted by Crippen LogP contribution is 2.56. The summed E-state index contributed by atoms with van der Waals surface area (Å²) in [6, 6.07) is 19.0. The van der Waals surface area contributed by atoms with Crippen molar-refractivity contribution in [3.05, 3.63) is 65.7 Å². The topological polar surface area (TPSA) is 23.5 Å². The summed E-state index contributed by atoms with van der Waals surface area (Å²) >= 11 is 0. The molecule has 1 heterocycles. The fourth-order valence-corrected chi connectivity index (χ4v) is 5.63. The number of hydrogen-bond donors (Lipinski definition) is 1. The third-order valence-corrected chi connectivity index (χ3v) is 7.12. The molecule has 3 heteroatoms. The maximum Gasteiger partial charge on any atom is 0.115 e. The molecule has 4 rings (SSSR count). The smallest absolute Gasteiger partial charge is 0.115 e. The van der Waals surface area contributed by atoms with Crippen LogP contribution >= 0.6 is 12.4 Å². The predicted octanol–water partition coefficient (Wildman–Crippen LogP) is 5.58. The minimum Gasteiger partial charge on any atom is -0.508 e. The SMILES string of the molecule is C[C@]12CCCC[C@@]1(c1cccc(O)c1)CCN(CCc1ccccc1)C2.Cl. The Morgan fingerprint density at radius 2 is 1.74 bits per heavy atom. The molecule has 0 unspecified atom stereocenters. The first-order valence-electron chi connectivity index (χ1n) is 10.2. The predicted molar refractivity (Wildman–Crippen MR) is 115 cm³/mol. The highest BCUT2D eigenvalue weighted by atomic mass is 35.5. The summed E-state index contributed by atoms with van der Waals surface area (Å²) in [6.07, 6.45) is 7.56. The second kappa shape index (κ2) is 8.24. The van der Waals surface area contributed by atoms with E-state index in [0.717, 1.165) is 19.5 Å². The molecule has 2 aromatic rings. The van der Waals surface area contributed by atoms with Crippen LogP contribution in [0.25, 0.3) is 0 Å². The number of phenolic OH excluding ortho intramolecular Hbond substituents is 1. The van der Waals surface area contributed by atoms with Crippen molar-refractivity contribution < 1.29 is 5.11 Å². The summed E-state index contributed by atoms with van der Waals surface area (Å²) < 4.78 is 0. The molecule has 1 aliphatic carbocycles. The van der Waals surface area contributed by atoms with Gasteiger partial charge in [-0.25, -0.2) is 0 Å². The number of likely N-dealkylation sites (tertiary alicyclic amines) is 1. The number of fused-ring (bicyclic) bond motifs is 1. The summed E-state index contributed by atoms with van der Waals surface area (Å²) in [5.41, 5.74) is 3.33. The molecule has 0 aromatic heterocycles. The molecule has 2 atom stereocenters. The minimum absolute atomic E-state index is 0. The lowest BCUT2D eigenvalue weighted by Crippen LogP contribution is -2.58. The van der Waals surface area contributed by atoms with Gasteiger partial charge in [-0.15, -0.1) is 12.4 Å². The number of rotatable bonds is 4.